The van der Waals surface area contributed by atoms with Crippen molar-refractivity contribution < 1.29 is 19.4 Å². The predicted octanol–water partition coefficient (Wildman–Crippen LogP) is 2.42. The number of nitro benzene ring substituents is 2. The van der Waals surface area contributed by atoms with Gasteiger partial charge in [-0.3, -0.25) is 25.0 Å². The van der Waals surface area contributed by atoms with Crippen molar-refractivity contribution in [3.8, 4) is 5.75 Å². The average molecular weight is 358 g/mol. The van der Waals surface area contributed by atoms with Gasteiger partial charge in [0.05, 0.1) is 16.1 Å². The zero-order valence-electron chi connectivity index (χ0n) is 13.6. The van der Waals surface area contributed by atoms with Gasteiger partial charge < -0.3 is 4.74 Å². The van der Waals surface area contributed by atoms with E-state index in [1.165, 1.54) is 55.6 Å². The van der Waals surface area contributed by atoms with Gasteiger partial charge in [-0.25, -0.2) is 5.43 Å². The number of ether oxygens (including phenoxy) is 1. The molecule has 0 radical (unpaired) electrons. The summed E-state index contributed by atoms with van der Waals surface area (Å²) in [6.45, 7) is 1.42. The van der Waals surface area contributed by atoms with E-state index in [1.54, 1.807) is 6.07 Å². The van der Waals surface area contributed by atoms with Gasteiger partial charge in [-0.15, -0.1) is 0 Å². The fraction of sp³-hybridized carbons (Fsp3) is 0.125. The Morgan fingerprint density at radius 3 is 2.38 bits per heavy atom. The molecule has 2 aromatic carbocycles. The van der Waals surface area contributed by atoms with Crippen LogP contribution in [0.25, 0.3) is 0 Å². The van der Waals surface area contributed by atoms with E-state index in [1.807, 2.05) is 0 Å². The lowest BCUT2D eigenvalue weighted by Crippen LogP contribution is -2.33. The van der Waals surface area contributed by atoms with Gasteiger partial charge in [0.25, 0.3) is 11.6 Å². The quantitative estimate of drug-likeness (QED) is 0.458. The minimum absolute atomic E-state index is 0.0282. The van der Waals surface area contributed by atoms with E-state index < -0.39 is 21.9 Å². The molecule has 0 aliphatic rings. The number of non-ortho nitro benzene ring substituents is 1. The molecule has 26 heavy (non-hydrogen) atoms. The first-order valence-corrected chi connectivity index (χ1v) is 7.36. The molecule has 1 unspecified atom stereocenters. The second-order valence-corrected chi connectivity index (χ2v) is 5.07. The summed E-state index contributed by atoms with van der Waals surface area (Å²) in [6, 6.07) is 11.3. The Balaban J connectivity index is 1.95. The second-order valence-electron chi connectivity index (χ2n) is 5.07. The Kier molecular flexibility index (Phi) is 5.93. The molecule has 0 saturated heterocycles. The lowest BCUT2D eigenvalue weighted by atomic mass is 10.2. The number of hydrogen-bond donors (Lipinski definition) is 1. The smallest absolute Gasteiger partial charge is 0.310 e. The van der Waals surface area contributed by atoms with Crippen LogP contribution in [0.1, 0.15) is 12.5 Å². The third kappa shape index (κ3) is 4.84. The van der Waals surface area contributed by atoms with Crippen LogP contribution in [0.3, 0.4) is 0 Å². The molecule has 0 aliphatic carbocycles. The van der Waals surface area contributed by atoms with Crippen LogP contribution in [0.2, 0.25) is 0 Å². The van der Waals surface area contributed by atoms with Crippen molar-refractivity contribution >= 4 is 23.5 Å². The third-order valence-corrected chi connectivity index (χ3v) is 3.23. The van der Waals surface area contributed by atoms with Crippen LogP contribution >= 0.6 is 0 Å². The van der Waals surface area contributed by atoms with Crippen molar-refractivity contribution in [2.24, 2.45) is 5.10 Å². The molecule has 2 aromatic rings. The number of hydrogen-bond acceptors (Lipinski definition) is 7. The molecule has 134 valence electrons. The van der Waals surface area contributed by atoms with Gasteiger partial charge >= 0.3 is 5.69 Å². The van der Waals surface area contributed by atoms with E-state index in [-0.39, 0.29) is 17.1 Å². The summed E-state index contributed by atoms with van der Waals surface area (Å²) in [5.74, 6) is -0.638. The summed E-state index contributed by atoms with van der Waals surface area (Å²) in [4.78, 5) is 32.3. The minimum Gasteiger partial charge on any atom is -0.474 e. The number of para-hydroxylation sites is 2. The summed E-state index contributed by atoms with van der Waals surface area (Å²) in [5, 5.41) is 25.2. The fourth-order valence-corrected chi connectivity index (χ4v) is 1.90. The molecule has 2 rings (SSSR count). The summed E-state index contributed by atoms with van der Waals surface area (Å²) in [5.41, 5.74) is 2.48. The molecule has 1 atom stereocenters. The molecule has 0 spiro atoms. The summed E-state index contributed by atoms with van der Waals surface area (Å²) in [7, 11) is 0. The van der Waals surface area contributed by atoms with Crippen molar-refractivity contribution in [2.75, 3.05) is 0 Å². The molecule has 10 heteroatoms. The van der Waals surface area contributed by atoms with Gasteiger partial charge in [0, 0.05) is 18.2 Å². The largest absolute Gasteiger partial charge is 0.474 e. The minimum atomic E-state index is -1.02. The standard InChI is InChI=1S/C16H14N4O6/c1-11(26-15-5-3-2-4-14(15)20(24)25)16(21)18-17-10-12-6-8-13(9-7-12)19(22)23/h2-11H,1H3,(H,18,21)/b17-10-. The molecule has 1 amide bonds. The average Bonchev–Trinajstić information content (AvgIpc) is 2.62. The molecule has 0 saturated carbocycles. The van der Waals surface area contributed by atoms with Crippen LogP contribution in [-0.2, 0) is 4.79 Å². The number of amides is 1. The van der Waals surface area contributed by atoms with Gasteiger partial charge in [0.2, 0.25) is 0 Å². The van der Waals surface area contributed by atoms with Gasteiger partial charge in [-0.05, 0) is 30.7 Å². The van der Waals surface area contributed by atoms with E-state index in [0.717, 1.165) is 0 Å². The maximum atomic E-state index is 12.0. The summed E-state index contributed by atoms with van der Waals surface area (Å²) < 4.78 is 5.31. The molecule has 10 nitrogen and oxygen atoms in total. The SMILES string of the molecule is CC(Oc1ccccc1[N+](=O)[O-])C(=O)N/N=C\c1ccc([N+](=O)[O-])cc1. The van der Waals surface area contributed by atoms with Crippen molar-refractivity contribution in [1.82, 2.24) is 5.43 Å². The Morgan fingerprint density at radius 2 is 1.77 bits per heavy atom. The highest BCUT2D eigenvalue weighted by Gasteiger charge is 2.20. The number of carbonyl (C=O) groups is 1. The maximum absolute atomic E-state index is 12.0. The number of benzene rings is 2. The van der Waals surface area contributed by atoms with Gasteiger partial charge in [-0.1, -0.05) is 12.1 Å². The van der Waals surface area contributed by atoms with Gasteiger partial charge in [0.15, 0.2) is 11.9 Å². The zero-order valence-corrected chi connectivity index (χ0v) is 13.6. The van der Waals surface area contributed by atoms with Crippen molar-refractivity contribution in [2.45, 2.75) is 13.0 Å². The highest BCUT2D eigenvalue weighted by molar-refractivity contribution is 5.84. The lowest BCUT2D eigenvalue weighted by molar-refractivity contribution is -0.386. The summed E-state index contributed by atoms with van der Waals surface area (Å²) >= 11 is 0. The molecule has 0 fully saturated rings. The molecule has 0 aliphatic heterocycles. The first kappa shape index (κ1) is 18.5. The number of nitrogens with zero attached hydrogens (tertiary/aromatic N) is 3. The third-order valence-electron chi connectivity index (χ3n) is 3.23. The molecule has 0 heterocycles. The van der Waals surface area contributed by atoms with Crippen LogP contribution in [0.15, 0.2) is 53.6 Å². The van der Waals surface area contributed by atoms with Crippen LogP contribution in [-0.4, -0.2) is 28.1 Å². The number of hydrazone groups is 1. The Bertz CT molecular complexity index is 850. The Labute approximate surface area is 147 Å². The molecule has 0 bridgehead atoms. The van der Waals surface area contributed by atoms with Gasteiger partial charge in [0.1, 0.15) is 0 Å². The van der Waals surface area contributed by atoms with Crippen LogP contribution in [0, 0.1) is 20.2 Å². The lowest BCUT2D eigenvalue weighted by Gasteiger charge is -2.12. The van der Waals surface area contributed by atoms with E-state index in [9.17, 15) is 25.0 Å². The Morgan fingerprint density at radius 1 is 1.12 bits per heavy atom. The van der Waals surface area contributed by atoms with E-state index in [4.69, 9.17) is 4.74 Å². The molecular weight excluding hydrogens is 344 g/mol. The number of rotatable bonds is 7. The number of nitro groups is 2. The van der Waals surface area contributed by atoms with Gasteiger partial charge in [-0.2, -0.15) is 5.10 Å². The van der Waals surface area contributed by atoms with Crippen molar-refractivity contribution in [3.05, 3.63) is 74.3 Å². The van der Waals surface area contributed by atoms with E-state index >= 15 is 0 Å². The highest BCUT2D eigenvalue weighted by atomic mass is 16.6. The first-order valence-electron chi connectivity index (χ1n) is 7.36. The monoisotopic (exact) mass is 358 g/mol. The van der Waals surface area contributed by atoms with Crippen molar-refractivity contribution in [3.63, 3.8) is 0 Å². The van der Waals surface area contributed by atoms with E-state index in [0.29, 0.717) is 5.56 Å². The van der Waals surface area contributed by atoms with Crippen molar-refractivity contribution in [1.29, 1.82) is 0 Å². The van der Waals surface area contributed by atoms with E-state index in [2.05, 4.69) is 10.5 Å². The normalized spacial score (nSPS) is 11.7. The topological polar surface area (TPSA) is 137 Å². The molecule has 0 aromatic heterocycles. The van der Waals surface area contributed by atoms with Crippen LogP contribution < -0.4 is 10.2 Å². The maximum Gasteiger partial charge on any atom is 0.310 e. The fourth-order valence-electron chi connectivity index (χ4n) is 1.90. The molecular formula is C16H14N4O6. The zero-order chi connectivity index (χ0) is 19.1. The molecule has 1 N–H and O–H groups in total. The van der Waals surface area contributed by atoms with Crippen LogP contribution in [0.5, 0.6) is 5.75 Å². The highest BCUT2D eigenvalue weighted by Crippen LogP contribution is 2.26. The summed E-state index contributed by atoms with van der Waals surface area (Å²) in [6.07, 6.45) is 0.282. The first-order chi connectivity index (χ1) is 12.4. The number of nitrogens with one attached hydrogen (secondary N) is 1. The second kappa shape index (κ2) is 8.33. The predicted molar refractivity (Wildman–Crippen MR) is 92.0 cm³/mol. The van der Waals surface area contributed by atoms with Crippen LogP contribution in [0.4, 0.5) is 11.4 Å². The number of carbonyl (C=O) groups excluding carboxylic acids is 1. The Hall–Kier alpha value is -3.82.